The molecule has 6 heteroatoms. The molecule has 0 unspecified atom stereocenters. The first-order chi connectivity index (χ1) is 15.3. The SMILES string of the molecule is CS(C)(C)CCOC(=O)[C@H]1[C@H](CO)CC[C@@H]1C(=O)c1ccc(OCc2ccccc2)cc1. The molecule has 174 valence electrons. The summed E-state index contributed by atoms with van der Waals surface area (Å²) >= 11 is 0. The van der Waals surface area contributed by atoms with Gasteiger partial charge in [0.25, 0.3) is 0 Å². The molecule has 0 amide bonds. The van der Waals surface area contributed by atoms with Gasteiger partial charge in [-0.15, -0.1) is 0 Å². The Morgan fingerprint density at radius 3 is 2.31 bits per heavy atom. The Morgan fingerprint density at radius 2 is 1.69 bits per heavy atom. The molecule has 0 spiro atoms. The number of ketones is 1. The highest BCUT2D eigenvalue weighted by Crippen LogP contribution is 2.40. The van der Waals surface area contributed by atoms with Gasteiger partial charge in [0, 0.05) is 23.8 Å². The normalized spacial score (nSPS) is 21.2. The second-order valence-electron chi connectivity index (χ2n) is 9.28. The number of hydrogen-bond acceptors (Lipinski definition) is 5. The van der Waals surface area contributed by atoms with E-state index in [-0.39, 0.29) is 24.3 Å². The zero-order chi connectivity index (χ0) is 23.1. The number of Topliss-reactive ketones (excluding diaryl/α,β-unsaturated/α-hetero) is 1. The third-order valence-electron chi connectivity index (χ3n) is 5.96. The van der Waals surface area contributed by atoms with Gasteiger partial charge in [0.2, 0.25) is 0 Å². The van der Waals surface area contributed by atoms with Crippen LogP contribution < -0.4 is 4.74 Å². The molecule has 1 N–H and O–H groups in total. The molecular formula is C26H34O5S. The molecule has 2 aromatic rings. The van der Waals surface area contributed by atoms with Crippen molar-refractivity contribution in [1.29, 1.82) is 0 Å². The van der Waals surface area contributed by atoms with E-state index >= 15 is 0 Å². The lowest BCUT2D eigenvalue weighted by atomic mass is 9.84. The van der Waals surface area contributed by atoms with Crippen molar-refractivity contribution in [3.05, 3.63) is 65.7 Å². The average Bonchev–Trinajstić information content (AvgIpc) is 3.21. The Kier molecular flexibility index (Phi) is 8.38. The molecule has 0 saturated heterocycles. The van der Waals surface area contributed by atoms with E-state index in [1.807, 2.05) is 30.3 Å². The summed E-state index contributed by atoms with van der Waals surface area (Å²) in [5.41, 5.74) is 1.63. The van der Waals surface area contributed by atoms with Crippen molar-refractivity contribution < 1.29 is 24.2 Å². The first-order valence-electron chi connectivity index (χ1n) is 11.0. The van der Waals surface area contributed by atoms with Crippen LogP contribution in [0.3, 0.4) is 0 Å². The van der Waals surface area contributed by atoms with Gasteiger partial charge in [0.1, 0.15) is 12.4 Å². The molecule has 3 atom stereocenters. The summed E-state index contributed by atoms with van der Waals surface area (Å²) in [4.78, 5) is 26.0. The molecule has 32 heavy (non-hydrogen) atoms. The van der Waals surface area contributed by atoms with Crippen LogP contribution in [0.4, 0.5) is 0 Å². The maximum Gasteiger partial charge on any atom is 0.310 e. The predicted octanol–water partition coefficient (Wildman–Crippen LogP) is 4.32. The van der Waals surface area contributed by atoms with Crippen molar-refractivity contribution in [2.75, 3.05) is 37.7 Å². The van der Waals surface area contributed by atoms with Crippen LogP contribution >= 0.6 is 10.0 Å². The van der Waals surface area contributed by atoms with Crippen LogP contribution in [0.15, 0.2) is 54.6 Å². The molecule has 0 heterocycles. The van der Waals surface area contributed by atoms with E-state index in [4.69, 9.17) is 9.47 Å². The maximum absolute atomic E-state index is 13.2. The molecule has 1 saturated carbocycles. The third kappa shape index (κ3) is 6.59. The van der Waals surface area contributed by atoms with Crippen molar-refractivity contribution in [2.24, 2.45) is 17.8 Å². The van der Waals surface area contributed by atoms with E-state index in [1.54, 1.807) is 24.3 Å². The summed E-state index contributed by atoms with van der Waals surface area (Å²) < 4.78 is 11.3. The van der Waals surface area contributed by atoms with Crippen LogP contribution in [-0.2, 0) is 16.1 Å². The maximum atomic E-state index is 13.2. The fourth-order valence-electron chi connectivity index (χ4n) is 4.10. The molecule has 0 aromatic heterocycles. The predicted molar refractivity (Wildman–Crippen MR) is 130 cm³/mol. The van der Waals surface area contributed by atoms with Crippen LogP contribution in [0.2, 0.25) is 0 Å². The first kappa shape index (κ1) is 24.3. The van der Waals surface area contributed by atoms with Crippen molar-refractivity contribution in [3.8, 4) is 5.75 Å². The van der Waals surface area contributed by atoms with Gasteiger partial charge in [0.05, 0.1) is 12.5 Å². The number of hydrogen-bond donors (Lipinski definition) is 1. The molecule has 0 bridgehead atoms. The summed E-state index contributed by atoms with van der Waals surface area (Å²) in [6, 6.07) is 17.0. The van der Waals surface area contributed by atoms with Crippen LogP contribution in [0.5, 0.6) is 5.75 Å². The lowest BCUT2D eigenvalue weighted by Gasteiger charge is -2.26. The van der Waals surface area contributed by atoms with E-state index in [2.05, 4.69) is 18.8 Å². The molecular weight excluding hydrogens is 424 g/mol. The second kappa shape index (κ2) is 11.0. The minimum Gasteiger partial charge on any atom is -0.489 e. The molecule has 0 radical (unpaired) electrons. The lowest BCUT2D eigenvalue weighted by molar-refractivity contribution is -0.150. The number of carbonyl (C=O) groups excluding carboxylic acids is 2. The summed E-state index contributed by atoms with van der Waals surface area (Å²) in [7, 11) is -0.767. The Morgan fingerprint density at radius 1 is 1.00 bits per heavy atom. The fraction of sp³-hybridized carbons (Fsp3) is 0.462. The smallest absolute Gasteiger partial charge is 0.310 e. The highest BCUT2D eigenvalue weighted by atomic mass is 32.3. The number of ether oxygens (including phenoxy) is 2. The van der Waals surface area contributed by atoms with Gasteiger partial charge in [-0.25, -0.2) is 10.0 Å². The quantitative estimate of drug-likeness (QED) is 0.424. The molecule has 0 aliphatic heterocycles. The van der Waals surface area contributed by atoms with Crippen LogP contribution in [0, 0.1) is 17.8 Å². The van der Waals surface area contributed by atoms with Crippen molar-refractivity contribution in [2.45, 2.75) is 19.4 Å². The first-order valence-corrected chi connectivity index (χ1v) is 14.1. The zero-order valence-electron chi connectivity index (χ0n) is 19.2. The van der Waals surface area contributed by atoms with Crippen molar-refractivity contribution in [3.63, 3.8) is 0 Å². The van der Waals surface area contributed by atoms with Gasteiger partial charge in [-0.1, -0.05) is 30.3 Å². The van der Waals surface area contributed by atoms with Gasteiger partial charge in [0.15, 0.2) is 5.78 Å². The van der Waals surface area contributed by atoms with Crippen LogP contribution in [0.25, 0.3) is 0 Å². The highest BCUT2D eigenvalue weighted by molar-refractivity contribution is 8.32. The summed E-state index contributed by atoms with van der Waals surface area (Å²) in [6.07, 6.45) is 7.75. The standard InChI is InChI=1S/C26H34O5S/c1-32(2,3)16-15-30-26(29)24-21(17-27)11-14-23(24)25(28)20-9-12-22(13-10-20)31-18-19-7-5-4-6-8-19/h4-10,12-13,21,23-24,27H,11,14-18H2,1-3H3/t21-,23-,24-/m0/s1. The molecule has 1 aliphatic rings. The number of carbonyl (C=O) groups is 2. The number of rotatable bonds is 10. The van der Waals surface area contributed by atoms with E-state index in [9.17, 15) is 14.7 Å². The van der Waals surface area contributed by atoms with Gasteiger partial charge in [-0.3, -0.25) is 9.59 Å². The van der Waals surface area contributed by atoms with E-state index in [0.717, 1.165) is 11.3 Å². The Labute approximate surface area is 192 Å². The van der Waals surface area contributed by atoms with E-state index in [0.29, 0.717) is 37.4 Å². The summed E-state index contributed by atoms with van der Waals surface area (Å²) in [6.45, 7) is 0.708. The Hall–Kier alpha value is -2.31. The van der Waals surface area contributed by atoms with Crippen molar-refractivity contribution >= 4 is 21.8 Å². The third-order valence-corrected chi connectivity index (χ3v) is 7.35. The summed E-state index contributed by atoms with van der Waals surface area (Å²) in [5.74, 6) is -0.185. The van der Waals surface area contributed by atoms with Gasteiger partial charge in [-0.05, 0) is 67.4 Å². The zero-order valence-corrected chi connectivity index (χ0v) is 20.0. The van der Waals surface area contributed by atoms with Gasteiger partial charge < -0.3 is 14.6 Å². The average molecular weight is 459 g/mol. The number of aliphatic hydroxyl groups excluding tert-OH is 1. The number of benzene rings is 2. The van der Waals surface area contributed by atoms with E-state index in [1.165, 1.54) is 0 Å². The van der Waals surface area contributed by atoms with Crippen LogP contribution in [-0.4, -0.2) is 54.6 Å². The molecule has 5 nitrogen and oxygen atoms in total. The molecule has 2 aromatic carbocycles. The minimum absolute atomic E-state index is 0.0704. The molecule has 1 aliphatic carbocycles. The topological polar surface area (TPSA) is 72.8 Å². The fourth-order valence-corrected chi connectivity index (χ4v) is 4.68. The van der Waals surface area contributed by atoms with Gasteiger partial charge >= 0.3 is 5.97 Å². The Balaban J connectivity index is 1.63. The number of esters is 1. The minimum atomic E-state index is -0.767. The largest absolute Gasteiger partial charge is 0.489 e. The molecule has 3 rings (SSSR count). The summed E-state index contributed by atoms with van der Waals surface area (Å²) in [5, 5.41) is 9.77. The second-order valence-corrected chi connectivity index (χ2v) is 13.9. The van der Waals surface area contributed by atoms with Gasteiger partial charge in [-0.2, -0.15) is 0 Å². The highest BCUT2D eigenvalue weighted by Gasteiger charge is 2.45. The van der Waals surface area contributed by atoms with E-state index < -0.39 is 21.9 Å². The number of aliphatic hydroxyl groups is 1. The lowest BCUT2D eigenvalue weighted by Crippen LogP contribution is -2.33. The van der Waals surface area contributed by atoms with Crippen molar-refractivity contribution in [1.82, 2.24) is 0 Å². The van der Waals surface area contributed by atoms with Crippen LogP contribution in [0.1, 0.15) is 28.8 Å². The molecule has 1 fully saturated rings. The monoisotopic (exact) mass is 458 g/mol. The Bertz CT molecular complexity index is 889.